The first kappa shape index (κ1) is 12.9. The van der Waals surface area contributed by atoms with Crippen molar-refractivity contribution in [2.24, 2.45) is 0 Å². The molecular weight excluding hydrogens is 281 g/mol. The third-order valence-corrected chi connectivity index (χ3v) is 5.15. The van der Waals surface area contributed by atoms with E-state index in [-0.39, 0.29) is 10.6 Å². The van der Waals surface area contributed by atoms with Crippen molar-refractivity contribution in [2.75, 3.05) is 10.8 Å². The van der Waals surface area contributed by atoms with Crippen LogP contribution in [0.25, 0.3) is 0 Å². The molecule has 104 valence electrons. The molecule has 1 aliphatic heterocycles. The van der Waals surface area contributed by atoms with Gasteiger partial charge in [0.05, 0.1) is 10.6 Å². The van der Waals surface area contributed by atoms with E-state index in [0.717, 1.165) is 5.56 Å². The molecule has 4 nitrogen and oxygen atoms in total. The zero-order chi connectivity index (χ0) is 14.3. The second-order valence-corrected chi connectivity index (χ2v) is 6.46. The maximum absolute atomic E-state index is 13.3. The van der Waals surface area contributed by atoms with Crippen LogP contribution in [0.4, 0.5) is 10.1 Å². The third-order valence-electron chi connectivity index (χ3n) is 3.32. The number of aromatic hydroxyl groups is 1. The smallest absolute Gasteiger partial charge is 0.264 e. The lowest BCUT2D eigenvalue weighted by Crippen LogP contribution is -2.29. The lowest BCUT2D eigenvalue weighted by Gasteiger charge is -2.19. The second kappa shape index (κ2) is 4.49. The highest BCUT2D eigenvalue weighted by atomic mass is 32.2. The Labute approximate surface area is 116 Å². The number of phenolic OH excluding ortho intramolecular Hbond substituents is 1. The van der Waals surface area contributed by atoms with Gasteiger partial charge in [0.15, 0.2) is 0 Å². The van der Waals surface area contributed by atoms with Gasteiger partial charge in [-0.15, -0.1) is 0 Å². The maximum Gasteiger partial charge on any atom is 0.264 e. The monoisotopic (exact) mass is 293 g/mol. The van der Waals surface area contributed by atoms with E-state index >= 15 is 0 Å². The van der Waals surface area contributed by atoms with Crippen LogP contribution in [0.5, 0.6) is 5.75 Å². The van der Waals surface area contributed by atoms with Gasteiger partial charge in [-0.05, 0) is 48.4 Å². The summed E-state index contributed by atoms with van der Waals surface area (Å²) in [4.78, 5) is 0.0763. The van der Waals surface area contributed by atoms with Crippen molar-refractivity contribution in [3.8, 4) is 5.75 Å². The molecule has 0 bridgehead atoms. The molecule has 1 aliphatic rings. The second-order valence-electron chi connectivity index (χ2n) is 4.59. The number of nitrogens with zero attached hydrogens (tertiary/aromatic N) is 1. The minimum absolute atomic E-state index is 0.00295. The SMILES string of the molecule is O=S(=O)(c1ccc(O)cc1)N1CCc2ccc(F)cc21. The van der Waals surface area contributed by atoms with Gasteiger partial charge in [-0.3, -0.25) is 4.31 Å². The van der Waals surface area contributed by atoms with E-state index in [4.69, 9.17) is 0 Å². The van der Waals surface area contributed by atoms with E-state index in [9.17, 15) is 17.9 Å². The standard InChI is InChI=1S/C14H12FNO3S/c15-11-2-1-10-7-8-16(14(10)9-11)20(18,19)13-5-3-12(17)4-6-13/h1-6,9,17H,7-8H2. The quantitative estimate of drug-likeness (QED) is 0.924. The fraction of sp³-hybridized carbons (Fsp3) is 0.143. The normalized spacial score (nSPS) is 14.3. The van der Waals surface area contributed by atoms with Crippen molar-refractivity contribution in [1.29, 1.82) is 0 Å². The van der Waals surface area contributed by atoms with Crippen LogP contribution in [0.15, 0.2) is 47.4 Å². The van der Waals surface area contributed by atoms with Crippen molar-refractivity contribution in [3.63, 3.8) is 0 Å². The van der Waals surface area contributed by atoms with E-state index in [1.54, 1.807) is 6.07 Å². The first-order valence-corrected chi connectivity index (χ1v) is 7.53. The summed E-state index contributed by atoms with van der Waals surface area (Å²) in [7, 11) is -3.73. The predicted octanol–water partition coefficient (Wildman–Crippen LogP) is 2.28. The van der Waals surface area contributed by atoms with Gasteiger partial charge in [0.25, 0.3) is 10.0 Å². The summed E-state index contributed by atoms with van der Waals surface area (Å²) in [5.74, 6) is -0.464. The van der Waals surface area contributed by atoms with Crippen LogP contribution in [0.2, 0.25) is 0 Å². The fourth-order valence-electron chi connectivity index (χ4n) is 2.32. The van der Waals surface area contributed by atoms with Gasteiger partial charge in [0, 0.05) is 6.54 Å². The Hall–Kier alpha value is -2.08. The van der Waals surface area contributed by atoms with Gasteiger partial charge >= 0.3 is 0 Å². The minimum atomic E-state index is -3.73. The molecule has 2 aromatic rings. The zero-order valence-electron chi connectivity index (χ0n) is 10.5. The first-order chi connectivity index (χ1) is 9.48. The molecule has 0 fully saturated rings. The molecule has 0 saturated heterocycles. The average molecular weight is 293 g/mol. The van der Waals surface area contributed by atoms with Gasteiger partial charge in [-0.1, -0.05) is 6.07 Å². The van der Waals surface area contributed by atoms with Gasteiger partial charge in [-0.2, -0.15) is 0 Å². The number of hydrogen-bond donors (Lipinski definition) is 1. The van der Waals surface area contributed by atoms with Crippen LogP contribution in [0.3, 0.4) is 0 Å². The van der Waals surface area contributed by atoms with Crippen LogP contribution in [0.1, 0.15) is 5.56 Å². The summed E-state index contributed by atoms with van der Waals surface area (Å²) in [5, 5.41) is 9.22. The zero-order valence-corrected chi connectivity index (χ0v) is 11.3. The van der Waals surface area contributed by atoms with Gasteiger partial charge < -0.3 is 5.11 Å². The molecule has 0 amide bonds. The number of hydrogen-bond acceptors (Lipinski definition) is 3. The lowest BCUT2D eigenvalue weighted by atomic mass is 10.2. The number of phenols is 1. The lowest BCUT2D eigenvalue weighted by molar-refractivity contribution is 0.475. The highest BCUT2D eigenvalue weighted by Gasteiger charge is 2.31. The molecule has 0 saturated carbocycles. The Balaban J connectivity index is 2.07. The fourth-order valence-corrected chi connectivity index (χ4v) is 3.81. The molecule has 1 N–H and O–H groups in total. The predicted molar refractivity (Wildman–Crippen MR) is 72.7 cm³/mol. The summed E-state index contributed by atoms with van der Waals surface area (Å²) >= 11 is 0. The van der Waals surface area contributed by atoms with Crippen LogP contribution < -0.4 is 4.31 Å². The first-order valence-electron chi connectivity index (χ1n) is 6.09. The highest BCUT2D eigenvalue weighted by Crippen LogP contribution is 2.33. The average Bonchev–Trinajstić information content (AvgIpc) is 2.82. The van der Waals surface area contributed by atoms with E-state index in [1.165, 1.54) is 40.7 Å². The van der Waals surface area contributed by atoms with Crippen molar-refractivity contribution < 1.29 is 17.9 Å². The molecule has 0 atom stereocenters. The number of benzene rings is 2. The Morgan fingerprint density at radius 2 is 1.80 bits per heavy atom. The molecular formula is C14H12FNO3S. The Morgan fingerprint density at radius 3 is 2.50 bits per heavy atom. The molecule has 1 heterocycles. The van der Waals surface area contributed by atoms with Crippen molar-refractivity contribution in [1.82, 2.24) is 0 Å². The molecule has 0 aliphatic carbocycles. The van der Waals surface area contributed by atoms with Crippen LogP contribution >= 0.6 is 0 Å². The van der Waals surface area contributed by atoms with E-state index in [2.05, 4.69) is 0 Å². The third kappa shape index (κ3) is 2.02. The minimum Gasteiger partial charge on any atom is -0.508 e. The van der Waals surface area contributed by atoms with Crippen molar-refractivity contribution in [2.45, 2.75) is 11.3 Å². The molecule has 0 unspecified atom stereocenters. The Morgan fingerprint density at radius 1 is 1.10 bits per heavy atom. The van der Waals surface area contributed by atoms with Crippen LogP contribution in [-0.4, -0.2) is 20.1 Å². The number of rotatable bonds is 2. The van der Waals surface area contributed by atoms with Crippen LogP contribution in [-0.2, 0) is 16.4 Å². The van der Waals surface area contributed by atoms with Gasteiger partial charge in [0.1, 0.15) is 11.6 Å². The van der Waals surface area contributed by atoms with E-state index in [0.29, 0.717) is 18.7 Å². The van der Waals surface area contributed by atoms with Gasteiger partial charge in [-0.25, -0.2) is 12.8 Å². The van der Waals surface area contributed by atoms with Crippen LogP contribution in [0, 0.1) is 5.82 Å². The number of anilines is 1. The molecule has 3 rings (SSSR count). The van der Waals surface area contributed by atoms with Crippen molar-refractivity contribution >= 4 is 15.7 Å². The maximum atomic E-state index is 13.3. The summed E-state index contributed by atoms with van der Waals surface area (Å²) in [6.45, 7) is 0.294. The molecule has 0 aromatic heterocycles. The topological polar surface area (TPSA) is 57.6 Å². The summed E-state index contributed by atoms with van der Waals surface area (Å²) in [6, 6.07) is 9.47. The molecule has 20 heavy (non-hydrogen) atoms. The summed E-state index contributed by atoms with van der Waals surface area (Å²) in [5.41, 5.74) is 1.20. The Kier molecular flexibility index (Phi) is 2.90. The van der Waals surface area contributed by atoms with Gasteiger partial charge in [0.2, 0.25) is 0 Å². The number of sulfonamides is 1. The highest BCUT2D eigenvalue weighted by molar-refractivity contribution is 7.92. The Bertz CT molecular complexity index is 756. The summed E-state index contributed by atoms with van der Waals surface area (Å²) < 4.78 is 39.6. The molecule has 2 aromatic carbocycles. The molecule has 0 spiro atoms. The van der Waals surface area contributed by atoms with E-state index < -0.39 is 15.8 Å². The van der Waals surface area contributed by atoms with Crippen molar-refractivity contribution in [3.05, 3.63) is 53.8 Å². The number of fused-ring (bicyclic) bond motifs is 1. The molecule has 0 radical (unpaired) electrons. The largest absolute Gasteiger partial charge is 0.508 e. The van der Waals surface area contributed by atoms with E-state index in [1.807, 2.05) is 0 Å². The molecule has 6 heteroatoms. The summed E-state index contributed by atoms with van der Waals surface area (Å²) in [6.07, 6.45) is 0.562. The number of halogens is 1.